The van der Waals surface area contributed by atoms with Crippen molar-refractivity contribution in [1.29, 1.82) is 0 Å². The van der Waals surface area contributed by atoms with Gasteiger partial charge in [-0.1, -0.05) is 13.0 Å². The molecule has 0 unspecified atom stereocenters. The number of aromatic nitrogens is 1. The summed E-state index contributed by atoms with van der Waals surface area (Å²) in [6.07, 6.45) is 2.82. The molecule has 20 heavy (non-hydrogen) atoms. The van der Waals surface area contributed by atoms with Crippen LogP contribution in [0.5, 0.6) is 5.75 Å². The number of hydrogen-bond donors (Lipinski definition) is 1. The molecule has 2 rings (SSSR count). The monoisotopic (exact) mass is 275 g/mol. The minimum Gasteiger partial charge on any atom is -0.480 e. The van der Waals surface area contributed by atoms with Crippen molar-refractivity contribution < 1.29 is 14.3 Å². The minimum absolute atomic E-state index is 0.00986. The molecular formula is C14H17N3O3. The van der Waals surface area contributed by atoms with Crippen molar-refractivity contribution >= 4 is 23.5 Å². The summed E-state index contributed by atoms with van der Waals surface area (Å²) in [6, 6.07) is 3.36. The van der Waals surface area contributed by atoms with Gasteiger partial charge in [0.05, 0.1) is 0 Å². The van der Waals surface area contributed by atoms with Gasteiger partial charge in [-0.05, 0) is 18.6 Å². The van der Waals surface area contributed by atoms with E-state index < -0.39 is 0 Å². The first-order valence-corrected chi connectivity index (χ1v) is 6.50. The molecule has 0 bridgehead atoms. The van der Waals surface area contributed by atoms with Crippen LogP contribution in [0.15, 0.2) is 24.8 Å². The molecule has 1 aliphatic heterocycles. The quantitative estimate of drug-likeness (QED) is 0.831. The number of ether oxygens (including phenoxy) is 1. The fourth-order valence-corrected chi connectivity index (χ4v) is 1.90. The van der Waals surface area contributed by atoms with Crippen LogP contribution >= 0.6 is 0 Å². The molecule has 2 amide bonds. The van der Waals surface area contributed by atoms with Crippen molar-refractivity contribution in [3.05, 3.63) is 24.8 Å². The van der Waals surface area contributed by atoms with Crippen molar-refractivity contribution in [1.82, 2.24) is 4.98 Å². The molecule has 1 aromatic rings. The molecule has 6 heteroatoms. The lowest BCUT2D eigenvalue weighted by Gasteiger charge is -2.27. The van der Waals surface area contributed by atoms with Crippen LogP contribution in [0.3, 0.4) is 0 Å². The summed E-state index contributed by atoms with van der Waals surface area (Å²) in [7, 11) is 0. The Bertz CT molecular complexity index is 542. The first-order valence-electron chi connectivity index (χ1n) is 6.50. The number of rotatable bonds is 5. The first kappa shape index (κ1) is 14.0. The van der Waals surface area contributed by atoms with Gasteiger partial charge in [0.15, 0.2) is 18.2 Å². The zero-order chi connectivity index (χ0) is 14.5. The second-order valence-corrected chi connectivity index (χ2v) is 4.40. The van der Waals surface area contributed by atoms with E-state index in [0.29, 0.717) is 30.4 Å². The largest absolute Gasteiger partial charge is 0.480 e. The zero-order valence-electron chi connectivity index (χ0n) is 11.4. The summed E-state index contributed by atoms with van der Waals surface area (Å²) >= 11 is 0. The number of pyridine rings is 1. The van der Waals surface area contributed by atoms with Gasteiger partial charge >= 0.3 is 0 Å². The summed E-state index contributed by atoms with van der Waals surface area (Å²) in [4.78, 5) is 29.2. The Hall–Kier alpha value is -2.37. The van der Waals surface area contributed by atoms with Crippen LogP contribution in [-0.2, 0) is 9.59 Å². The third-order valence-corrected chi connectivity index (χ3v) is 2.80. The van der Waals surface area contributed by atoms with Crippen LogP contribution in [0.4, 0.5) is 11.6 Å². The maximum Gasteiger partial charge on any atom is 0.266 e. The van der Waals surface area contributed by atoms with E-state index in [-0.39, 0.29) is 18.4 Å². The van der Waals surface area contributed by atoms with E-state index in [0.717, 1.165) is 6.42 Å². The summed E-state index contributed by atoms with van der Waals surface area (Å²) in [6.45, 7) is 5.90. The molecule has 106 valence electrons. The highest BCUT2D eigenvalue weighted by Crippen LogP contribution is 2.31. The normalized spacial score (nSPS) is 13.4. The molecule has 1 aromatic heterocycles. The molecule has 0 aliphatic carbocycles. The van der Waals surface area contributed by atoms with Crippen LogP contribution in [0, 0.1) is 0 Å². The number of anilines is 2. The van der Waals surface area contributed by atoms with Crippen molar-refractivity contribution in [2.45, 2.75) is 19.8 Å². The van der Waals surface area contributed by atoms with Gasteiger partial charge in [-0.2, -0.15) is 0 Å². The topological polar surface area (TPSA) is 71.5 Å². The van der Waals surface area contributed by atoms with Crippen molar-refractivity contribution in [3.8, 4) is 5.75 Å². The Morgan fingerprint density at radius 2 is 2.40 bits per heavy atom. The first-order chi connectivity index (χ1) is 9.65. The maximum atomic E-state index is 11.8. The van der Waals surface area contributed by atoms with E-state index in [1.54, 1.807) is 18.2 Å². The highest BCUT2D eigenvalue weighted by atomic mass is 16.5. The molecule has 0 aromatic carbocycles. The molecule has 6 nitrogen and oxygen atoms in total. The Kier molecular flexibility index (Phi) is 4.34. The predicted octanol–water partition coefficient (Wildman–Crippen LogP) is 1.73. The maximum absolute atomic E-state index is 11.8. The number of nitrogens with one attached hydrogen (secondary N) is 1. The Morgan fingerprint density at radius 3 is 3.10 bits per heavy atom. The summed E-state index contributed by atoms with van der Waals surface area (Å²) < 4.78 is 5.32. The lowest BCUT2D eigenvalue weighted by Crippen LogP contribution is -2.39. The molecule has 0 radical (unpaired) electrons. The lowest BCUT2D eigenvalue weighted by atomic mass is 10.3. The highest BCUT2D eigenvalue weighted by molar-refractivity contribution is 5.97. The van der Waals surface area contributed by atoms with Gasteiger partial charge in [-0.15, -0.1) is 6.58 Å². The molecule has 0 saturated heterocycles. The van der Waals surface area contributed by atoms with E-state index in [2.05, 4.69) is 16.9 Å². The van der Waals surface area contributed by atoms with Crippen molar-refractivity contribution in [3.63, 3.8) is 0 Å². The van der Waals surface area contributed by atoms with E-state index in [1.807, 2.05) is 6.92 Å². The van der Waals surface area contributed by atoms with E-state index in [9.17, 15) is 9.59 Å². The lowest BCUT2D eigenvalue weighted by molar-refractivity contribution is -0.121. The molecule has 0 fully saturated rings. The smallest absolute Gasteiger partial charge is 0.266 e. The number of nitrogens with zero attached hydrogens (tertiary/aromatic N) is 2. The van der Waals surface area contributed by atoms with Gasteiger partial charge in [0.25, 0.3) is 5.91 Å². The van der Waals surface area contributed by atoms with Gasteiger partial charge < -0.3 is 10.1 Å². The van der Waals surface area contributed by atoms with Gasteiger partial charge in [0, 0.05) is 13.0 Å². The average Bonchev–Trinajstić information content (AvgIpc) is 2.42. The standard InChI is InChI=1S/C14H17N3O3/c1-3-5-12(18)15-11-7-6-10-14(16-11)17(8-4-2)13(19)9-20-10/h4,6-7H,2-3,5,8-9H2,1H3,(H,15,16,18). The van der Waals surface area contributed by atoms with Crippen molar-refractivity contribution in [2.24, 2.45) is 0 Å². The van der Waals surface area contributed by atoms with Gasteiger partial charge in [0.2, 0.25) is 5.91 Å². The number of amides is 2. The molecule has 2 heterocycles. The minimum atomic E-state index is -0.179. The molecule has 1 N–H and O–H groups in total. The average molecular weight is 275 g/mol. The van der Waals surface area contributed by atoms with Crippen LogP contribution in [0.25, 0.3) is 0 Å². The van der Waals surface area contributed by atoms with E-state index in [4.69, 9.17) is 4.74 Å². The predicted molar refractivity (Wildman–Crippen MR) is 75.8 cm³/mol. The number of fused-ring (bicyclic) bond motifs is 1. The van der Waals surface area contributed by atoms with Gasteiger partial charge in [-0.25, -0.2) is 4.98 Å². The third kappa shape index (κ3) is 2.96. The van der Waals surface area contributed by atoms with Crippen LogP contribution in [0.1, 0.15) is 19.8 Å². The highest BCUT2D eigenvalue weighted by Gasteiger charge is 2.26. The molecule has 0 atom stereocenters. The number of carbonyl (C=O) groups excluding carboxylic acids is 2. The molecule has 1 aliphatic rings. The molecule has 0 saturated carbocycles. The van der Waals surface area contributed by atoms with Gasteiger partial charge in [0.1, 0.15) is 5.82 Å². The Morgan fingerprint density at radius 1 is 1.60 bits per heavy atom. The van der Waals surface area contributed by atoms with Gasteiger partial charge in [-0.3, -0.25) is 14.5 Å². The number of hydrogen-bond acceptors (Lipinski definition) is 4. The Labute approximate surface area is 117 Å². The zero-order valence-corrected chi connectivity index (χ0v) is 11.4. The van der Waals surface area contributed by atoms with Crippen molar-refractivity contribution in [2.75, 3.05) is 23.4 Å². The van der Waals surface area contributed by atoms with Crippen LogP contribution in [-0.4, -0.2) is 29.9 Å². The summed E-state index contributed by atoms with van der Waals surface area (Å²) in [5, 5.41) is 2.70. The second-order valence-electron chi connectivity index (χ2n) is 4.40. The van der Waals surface area contributed by atoms with E-state index in [1.165, 1.54) is 4.90 Å². The second kappa shape index (κ2) is 6.18. The third-order valence-electron chi connectivity index (χ3n) is 2.80. The fraction of sp³-hybridized carbons (Fsp3) is 0.357. The Balaban J connectivity index is 2.25. The summed E-state index contributed by atoms with van der Waals surface area (Å²) in [5.74, 6) is 1.07. The number of carbonyl (C=O) groups is 2. The fourth-order valence-electron chi connectivity index (χ4n) is 1.90. The molecule has 0 spiro atoms. The summed E-state index contributed by atoms with van der Waals surface area (Å²) in [5.41, 5.74) is 0. The van der Waals surface area contributed by atoms with E-state index >= 15 is 0 Å². The molecular weight excluding hydrogens is 258 g/mol. The van der Waals surface area contributed by atoms with Crippen LogP contribution < -0.4 is 15.0 Å². The SMILES string of the molecule is C=CCN1C(=O)COc2ccc(NC(=O)CCC)nc21. The van der Waals surface area contributed by atoms with Crippen LogP contribution in [0.2, 0.25) is 0 Å².